The van der Waals surface area contributed by atoms with Crippen LogP contribution in [0, 0.1) is 5.41 Å². The zero-order valence-corrected chi connectivity index (χ0v) is 19.3. The van der Waals surface area contributed by atoms with Gasteiger partial charge in [0.05, 0.1) is 13.2 Å². The molecule has 1 atom stereocenters. The first-order chi connectivity index (χ1) is 15.4. The average molecular weight is 463 g/mol. The van der Waals surface area contributed by atoms with Crippen molar-refractivity contribution in [3.05, 3.63) is 29.3 Å². The molecule has 1 spiro atoms. The number of halogens is 1. The third kappa shape index (κ3) is 5.02. The number of nitrogens with zero attached hydrogens (tertiary/aromatic N) is 3. The summed E-state index contributed by atoms with van der Waals surface area (Å²) < 4.78 is 5.34. The van der Waals surface area contributed by atoms with Gasteiger partial charge in [-0.15, -0.1) is 0 Å². The quantitative estimate of drug-likeness (QED) is 0.729. The predicted octanol–water partition coefficient (Wildman–Crippen LogP) is 2.82. The van der Waals surface area contributed by atoms with E-state index in [0.29, 0.717) is 48.6 Å². The Morgan fingerprint density at radius 2 is 1.94 bits per heavy atom. The van der Waals surface area contributed by atoms with Gasteiger partial charge in [0, 0.05) is 55.3 Å². The first kappa shape index (κ1) is 22.9. The Kier molecular flexibility index (Phi) is 6.90. The number of amides is 4. The number of nitrogens with one attached hydrogen (secondary N) is 1. The first-order valence-electron chi connectivity index (χ1n) is 11.3. The van der Waals surface area contributed by atoms with Gasteiger partial charge in [-0.3, -0.25) is 9.59 Å². The molecule has 0 saturated carbocycles. The van der Waals surface area contributed by atoms with E-state index in [-0.39, 0.29) is 17.8 Å². The minimum absolute atomic E-state index is 0.0881. The van der Waals surface area contributed by atoms with E-state index in [1.54, 1.807) is 41.0 Å². The van der Waals surface area contributed by atoms with E-state index in [2.05, 4.69) is 5.32 Å². The van der Waals surface area contributed by atoms with Crippen molar-refractivity contribution in [2.75, 3.05) is 51.3 Å². The SMILES string of the molecule is C[C@H]1C(=O)N(CCCC(=O)N2CCC3(CC2)COC3)CCN1C(=O)Nc1cccc(Cl)c1. The van der Waals surface area contributed by atoms with Gasteiger partial charge in [0.1, 0.15) is 6.04 Å². The number of hydrogen-bond donors (Lipinski definition) is 1. The van der Waals surface area contributed by atoms with Gasteiger partial charge in [0.25, 0.3) is 0 Å². The number of urea groups is 1. The zero-order valence-electron chi connectivity index (χ0n) is 18.5. The van der Waals surface area contributed by atoms with Crippen molar-refractivity contribution in [2.45, 2.75) is 38.6 Å². The predicted molar refractivity (Wildman–Crippen MR) is 122 cm³/mol. The summed E-state index contributed by atoms with van der Waals surface area (Å²) in [6.45, 7) is 6.46. The van der Waals surface area contributed by atoms with Crippen LogP contribution in [0.25, 0.3) is 0 Å². The molecule has 1 aromatic carbocycles. The van der Waals surface area contributed by atoms with Gasteiger partial charge < -0.3 is 24.8 Å². The summed E-state index contributed by atoms with van der Waals surface area (Å²) in [6, 6.07) is 6.05. The molecule has 8 nitrogen and oxygen atoms in total. The van der Waals surface area contributed by atoms with Crippen molar-refractivity contribution >= 4 is 35.1 Å². The molecule has 174 valence electrons. The number of hydrogen-bond acceptors (Lipinski definition) is 4. The number of carbonyl (C=O) groups excluding carboxylic acids is 3. The lowest BCUT2D eigenvalue weighted by Gasteiger charge is -2.47. The molecule has 3 aliphatic heterocycles. The Hall–Kier alpha value is -2.32. The van der Waals surface area contributed by atoms with Gasteiger partial charge in [-0.05, 0) is 44.4 Å². The Morgan fingerprint density at radius 1 is 1.19 bits per heavy atom. The van der Waals surface area contributed by atoms with Gasteiger partial charge in [-0.2, -0.15) is 0 Å². The monoisotopic (exact) mass is 462 g/mol. The lowest BCUT2D eigenvalue weighted by Crippen LogP contribution is -2.58. The molecule has 0 bridgehead atoms. The highest BCUT2D eigenvalue weighted by Gasteiger charge is 2.42. The number of benzene rings is 1. The van der Waals surface area contributed by atoms with Crippen LogP contribution in [0.5, 0.6) is 0 Å². The Balaban J connectivity index is 1.20. The van der Waals surface area contributed by atoms with E-state index >= 15 is 0 Å². The first-order valence-corrected chi connectivity index (χ1v) is 11.7. The summed E-state index contributed by atoms with van der Waals surface area (Å²) >= 11 is 5.97. The molecule has 0 radical (unpaired) electrons. The third-order valence-corrected chi connectivity index (χ3v) is 7.13. The largest absolute Gasteiger partial charge is 0.380 e. The van der Waals surface area contributed by atoms with Gasteiger partial charge in [0.2, 0.25) is 11.8 Å². The van der Waals surface area contributed by atoms with Crippen molar-refractivity contribution in [2.24, 2.45) is 5.41 Å². The lowest BCUT2D eigenvalue weighted by atomic mass is 9.77. The molecule has 3 heterocycles. The second-order valence-corrected chi connectivity index (χ2v) is 9.55. The highest BCUT2D eigenvalue weighted by molar-refractivity contribution is 6.30. The molecule has 3 fully saturated rings. The fraction of sp³-hybridized carbons (Fsp3) is 0.609. The summed E-state index contributed by atoms with van der Waals surface area (Å²) in [6.07, 6.45) is 3.12. The van der Waals surface area contributed by atoms with Crippen molar-refractivity contribution in [3.8, 4) is 0 Å². The summed E-state index contributed by atoms with van der Waals surface area (Å²) in [7, 11) is 0. The van der Waals surface area contributed by atoms with E-state index < -0.39 is 6.04 Å². The minimum atomic E-state index is -0.554. The molecule has 0 aliphatic carbocycles. The van der Waals surface area contributed by atoms with Crippen LogP contribution in [-0.2, 0) is 14.3 Å². The van der Waals surface area contributed by atoms with Crippen LogP contribution in [0.1, 0.15) is 32.6 Å². The highest BCUT2D eigenvalue weighted by atomic mass is 35.5. The molecular weight excluding hydrogens is 432 g/mol. The van der Waals surface area contributed by atoms with Gasteiger partial charge in [-0.25, -0.2) is 4.79 Å². The van der Waals surface area contributed by atoms with Crippen molar-refractivity contribution in [3.63, 3.8) is 0 Å². The molecule has 4 amide bonds. The summed E-state index contributed by atoms with van der Waals surface area (Å²) in [5.74, 6) is 0.0787. The number of carbonyl (C=O) groups is 3. The van der Waals surface area contributed by atoms with Crippen molar-refractivity contribution < 1.29 is 19.1 Å². The van der Waals surface area contributed by atoms with E-state index in [1.165, 1.54) is 0 Å². The van der Waals surface area contributed by atoms with Crippen LogP contribution in [0.15, 0.2) is 24.3 Å². The number of likely N-dealkylation sites (tertiary alicyclic amines) is 1. The van der Waals surface area contributed by atoms with Crippen LogP contribution < -0.4 is 5.32 Å². The number of anilines is 1. The van der Waals surface area contributed by atoms with Gasteiger partial charge in [-0.1, -0.05) is 17.7 Å². The summed E-state index contributed by atoms with van der Waals surface area (Å²) in [5, 5.41) is 3.34. The Labute approximate surface area is 193 Å². The topological polar surface area (TPSA) is 82.2 Å². The van der Waals surface area contributed by atoms with Crippen molar-refractivity contribution in [1.82, 2.24) is 14.7 Å². The Morgan fingerprint density at radius 3 is 2.59 bits per heavy atom. The molecule has 0 unspecified atom stereocenters. The summed E-state index contributed by atoms with van der Waals surface area (Å²) in [5.41, 5.74) is 0.912. The second-order valence-electron chi connectivity index (χ2n) is 9.11. The maximum Gasteiger partial charge on any atom is 0.322 e. The van der Waals surface area contributed by atoms with Crippen LogP contribution in [-0.4, -0.2) is 84.5 Å². The third-order valence-electron chi connectivity index (χ3n) is 6.90. The van der Waals surface area contributed by atoms with Gasteiger partial charge >= 0.3 is 6.03 Å². The molecular formula is C23H31ClN4O4. The molecule has 3 saturated heterocycles. The highest BCUT2D eigenvalue weighted by Crippen LogP contribution is 2.38. The molecule has 32 heavy (non-hydrogen) atoms. The molecule has 1 aromatic rings. The van der Waals surface area contributed by atoms with Crippen LogP contribution in [0.4, 0.5) is 10.5 Å². The number of rotatable bonds is 5. The van der Waals surface area contributed by atoms with Crippen LogP contribution in [0.2, 0.25) is 5.02 Å². The van der Waals surface area contributed by atoms with Crippen LogP contribution in [0.3, 0.4) is 0 Å². The second kappa shape index (κ2) is 9.67. The standard InChI is InChI=1S/C23H31ClN4O4/c1-17-21(30)27(12-13-28(17)22(31)25-19-5-2-4-18(24)14-19)9-3-6-20(29)26-10-7-23(8-11-26)15-32-16-23/h2,4-5,14,17H,3,6-13,15-16H2,1H3,(H,25,31)/t17-/m0/s1. The Bertz CT molecular complexity index is 865. The number of ether oxygens (including phenoxy) is 1. The van der Waals surface area contributed by atoms with Crippen molar-refractivity contribution in [1.29, 1.82) is 0 Å². The van der Waals surface area contributed by atoms with E-state index in [4.69, 9.17) is 16.3 Å². The summed E-state index contributed by atoms with van der Waals surface area (Å²) in [4.78, 5) is 43.3. The maximum absolute atomic E-state index is 12.8. The minimum Gasteiger partial charge on any atom is -0.380 e. The fourth-order valence-corrected chi connectivity index (χ4v) is 4.87. The fourth-order valence-electron chi connectivity index (χ4n) is 4.68. The average Bonchev–Trinajstić information content (AvgIpc) is 2.75. The lowest BCUT2D eigenvalue weighted by molar-refractivity contribution is -0.153. The van der Waals surface area contributed by atoms with E-state index in [0.717, 1.165) is 39.1 Å². The molecule has 3 aliphatic rings. The molecule has 0 aromatic heterocycles. The van der Waals surface area contributed by atoms with Crippen LogP contribution >= 0.6 is 11.6 Å². The zero-order chi connectivity index (χ0) is 22.7. The number of piperidine rings is 1. The normalized spacial score (nSPS) is 22.6. The molecule has 9 heteroatoms. The maximum atomic E-state index is 12.8. The number of piperazine rings is 1. The van der Waals surface area contributed by atoms with E-state index in [1.807, 2.05) is 4.90 Å². The van der Waals surface area contributed by atoms with Gasteiger partial charge in [0.15, 0.2) is 0 Å². The van der Waals surface area contributed by atoms with E-state index in [9.17, 15) is 14.4 Å². The smallest absolute Gasteiger partial charge is 0.322 e. The molecule has 4 rings (SSSR count). The molecule has 1 N–H and O–H groups in total.